The summed E-state index contributed by atoms with van der Waals surface area (Å²) in [5.74, 6) is -1.05. The van der Waals surface area contributed by atoms with E-state index in [2.05, 4.69) is 119 Å². The summed E-state index contributed by atoms with van der Waals surface area (Å²) in [4.78, 5) is 31.6. The quantitative estimate of drug-likeness (QED) is 0.0481. The van der Waals surface area contributed by atoms with Crippen LogP contribution in [0.3, 0.4) is 0 Å². The van der Waals surface area contributed by atoms with Gasteiger partial charge < -0.3 is 36.0 Å². The Labute approximate surface area is 381 Å². The van der Waals surface area contributed by atoms with Crippen LogP contribution >= 0.6 is 0 Å². The highest BCUT2D eigenvalue weighted by molar-refractivity contribution is 6.04. The summed E-state index contributed by atoms with van der Waals surface area (Å²) in [6.07, 6.45) is 8.55. The Kier molecular flexibility index (Phi) is 12.2. The van der Waals surface area contributed by atoms with E-state index in [-0.39, 0.29) is 23.8 Å². The molecule has 2 aliphatic heterocycles. The highest BCUT2D eigenvalue weighted by atomic mass is 16.4. The molecule has 0 fully saturated rings. The van der Waals surface area contributed by atoms with Crippen molar-refractivity contribution in [3.8, 4) is 6.07 Å². The largest absolute Gasteiger partial charge is 0.481 e. The van der Waals surface area contributed by atoms with E-state index in [4.69, 9.17) is 0 Å². The van der Waals surface area contributed by atoms with E-state index >= 15 is 0 Å². The van der Waals surface area contributed by atoms with Crippen LogP contribution in [0.5, 0.6) is 0 Å². The number of benzene rings is 6. The van der Waals surface area contributed by atoms with Gasteiger partial charge in [-0.25, -0.2) is 0 Å². The van der Waals surface area contributed by atoms with Crippen molar-refractivity contribution in [3.05, 3.63) is 191 Å². The predicted octanol–water partition coefficient (Wildman–Crippen LogP) is 11.1. The van der Waals surface area contributed by atoms with Crippen molar-refractivity contribution in [2.75, 3.05) is 58.6 Å². The number of carboxylic acid groups (broad SMARTS) is 1. The number of likely N-dealkylation sites (N-methyl/N-ethyl adjacent to an activating group) is 1. The summed E-state index contributed by atoms with van der Waals surface area (Å²) in [6.45, 7) is 6.91. The number of carbonyl (C=O) groups excluding carboxylic acids is 1. The number of para-hydroxylation sites is 1. The van der Waals surface area contributed by atoms with Gasteiger partial charge in [0, 0.05) is 72.5 Å². The van der Waals surface area contributed by atoms with E-state index in [0.717, 1.165) is 56.0 Å². The van der Waals surface area contributed by atoms with Crippen LogP contribution in [0.2, 0.25) is 0 Å². The van der Waals surface area contributed by atoms with Crippen LogP contribution in [0.4, 0.5) is 34.1 Å². The molecular formula is C55H55N7O3. The third kappa shape index (κ3) is 8.91. The molecule has 1 amide bonds. The van der Waals surface area contributed by atoms with Crippen LogP contribution in [-0.2, 0) is 22.0 Å². The zero-order chi connectivity index (χ0) is 45.9. The van der Waals surface area contributed by atoms with Crippen LogP contribution < -0.4 is 30.9 Å². The number of fused-ring (bicyclic) bond motifs is 4. The zero-order valence-electron chi connectivity index (χ0n) is 37.8. The number of hydrogen-bond donors (Lipinski definition) is 4. The molecule has 0 aliphatic carbocycles. The van der Waals surface area contributed by atoms with Gasteiger partial charge in [-0.2, -0.15) is 5.26 Å². The van der Waals surface area contributed by atoms with Crippen molar-refractivity contribution < 1.29 is 14.7 Å². The average Bonchev–Trinajstić information content (AvgIpc) is 3.66. The van der Waals surface area contributed by atoms with Gasteiger partial charge in [-0.3, -0.25) is 9.59 Å². The number of hydrazine groups is 1. The molecule has 0 saturated carbocycles. The summed E-state index contributed by atoms with van der Waals surface area (Å²) < 4.78 is 0. The lowest BCUT2D eigenvalue weighted by molar-refractivity contribution is -0.136. The van der Waals surface area contributed by atoms with Gasteiger partial charge in [0.25, 0.3) is 5.91 Å². The van der Waals surface area contributed by atoms with E-state index in [9.17, 15) is 20.0 Å². The third-order valence-electron chi connectivity index (χ3n) is 12.9. The summed E-state index contributed by atoms with van der Waals surface area (Å²) in [6, 6.07) is 46.7. The van der Waals surface area contributed by atoms with Crippen LogP contribution in [0.25, 0.3) is 10.8 Å². The highest BCUT2D eigenvalue weighted by Gasteiger charge is 2.45. The molecule has 10 nitrogen and oxygen atoms in total. The molecule has 2 heterocycles. The molecule has 10 heteroatoms. The predicted molar refractivity (Wildman–Crippen MR) is 266 cm³/mol. The number of hydrogen-bond acceptors (Lipinski definition) is 8. The van der Waals surface area contributed by atoms with Gasteiger partial charge >= 0.3 is 5.97 Å². The van der Waals surface area contributed by atoms with Crippen molar-refractivity contribution in [1.29, 1.82) is 5.26 Å². The molecule has 2 aliphatic rings. The molecule has 6 aromatic carbocycles. The van der Waals surface area contributed by atoms with Crippen LogP contribution in [0.1, 0.15) is 54.2 Å². The SMILES string of the molecule is CN(C)c1ccc(NNc2ccc(NC(=O)c3ccc(CC4(C)c5ccccc5N(C)C4C=CC(C#N)=CC=C4N(CCC(=O)O)c5ccc6ccccc6c5C4(C)C)cc3)cc2)cc1. The minimum absolute atomic E-state index is 0.0167. The molecule has 65 heavy (non-hydrogen) atoms. The van der Waals surface area contributed by atoms with E-state index in [1.165, 1.54) is 5.56 Å². The van der Waals surface area contributed by atoms with Crippen LogP contribution in [-0.4, -0.2) is 50.7 Å². The Hall–Kier alpha value is -7.77. The first-order valence-corrected chi connectivity index (χ1v) is 21.9. The maximum atomic E-state index is 13.4. The molecule has 0 spiro atoms. The Morgan fingerprint density at radius 2 is 1.45 bits per heavy atom. The first-order valence-electron chi connectivity index (χ1n) is 21.9. The summed E-state index contributed by atoms with van der Waals surface area (Å²) in [5.41, 5.74) is 16.8. The molecule has 0 radical (unpaired) electrons. The van der Waals surface area contributed by atoms with Gasteiger partial charge in [-0.1, -0.05) is 87.5 Å². The smallest absolute Gasteiger partial charge is 0.305 e. The third-order valence-corrected chi connectivity index (χ3v) is 12.9. The monoisotopic (exact) mass is 861 g/mol. The second-order valence-electron chi connectivity index (χ2n) is 17.8. The maximum Gasteiger partial charge on any atom is 0.305 e. The van der Waals surface area contributed by atoms with Crippen molar-refractivity contribution in [1.82, 2.24) is 0 Å². The number of allylic oxidation sites excluding steroid dienone is 5. The van der Waals surface area contributed by atoms with Crippen molar-refractivity contribution in [2.24, 2.45) is 0 Å². The molecule has 2 unspecified atom stereocenters. The molecule has 0 saturated heterocycles. The fourth-order valence-corrected chi connectivity index (χ4v) is 9.54. The number of nitrogens with zero attached hydrogens (tertiary/aromatic N) is 4. The number of aliphatic carboxylic acids is 1. The van der Waals surface area contributed by atoms with E-state index in [0.29, 0.717) is 29.8 Å². The Balaban J connectivity index is 0.980. The molecule has 6 aromatic rings. The molecule has 4 N–H and O–H groups in total. The van der Waals surface area contributed by atoms with Crippen LogP contribution in [0, 0.1) is 11.3 Å². The number of carboxylic acids is 1. The summed E-state index contributed by atoms with van der Waals surface area (Å²) >= 11 is 0. The fraction of sp³-hybridized carbons (Fsp3) is 0.218. The lowest BCUT2D eigenvalue weighted by atomic mass is 9.73. The van der Waals surface area contributed by atoms with Gasteiger partial charge in [0.15, 0.2) is 0 Å². The van der Waals surface area contributed by atoms with Crippen molar-refractivity contribution in [2.45, 2.75) is 50.5 Å². The second-order valence-corrected chi connectivity index (χ2v) is 17.8. The minimum Gasteiger partial charge on any atom is -0.481 e. The number of anilines is 6. The Bertz CT molecular complexity index is 2870. The standard InChI is InChI=1S/C55H55N7O3/c1-54(2)49(62(34-33-51(63)64)48-30-21-39-11-7-8-12-45(39)52(48)54)31-17-38(36-56)18-32-50-55(3,46-13-9-10-14-47(46)61(50)6)35-37-15-19-40(20-16-37)53(65)57-41-22-24-42(25-23-41)58-59-43-26-28-44(29-27-43)60(4)5/h7-32,50,58-59H,33-35H2,1-6H3,(H,57,65)(H,63,64). The van der Waals surface area contributed by atoms with Crippen molar-refractivity contribution >= 4 is 56.8 Å². The molecule has 328 valence electrons. The van der Waals surface area contributed by atoms with Gasteiger partial charge in [0.1, 0.15) is 0 Å². The molecule has 2 atom stereocenters. The number of carbonyl (C=O) groups is 2. The molecule has 0 aromatic heterocycles. The van der Waals surface area contributed by atoms with Gasteiger partial charge in [-0.15, -0.1) is 0 Å². The van der Waals surface area contributed by atoms with E-state index in [1.807, 2.05) is 117 Å². The van der Waals surface area contributed by atoms with Crippen LogP contribution in [0.15, 0.2) is 169 Å². The minimum atomic E-state index is -0.860. The zero-order valence-corrected chi connectivity index (χ0v) is 37.8. The summed E-state index contributed by atoms with van der Waals surface area (Å²) in [5, 5.41) is 25.4. The Morgan fingerprint density at radius 3 is 2.12 bits per heavy atom. The fourth-order valence-electron chi connectivity index (χ4n) is 9.54. The molecule has 8 rings (SSSR count). The maximum absolute atomic E-state index is 13.4. The number of amides is 1. The molecule has 0 bridgehead atoms. The first-order chi connectivity index (χ1) is 31.3. The van der Waals surface area contributed by atoms with E-state index < -0.39 is 11.4 Å². The van der Waals surface area contributed by atoms with Gasteiger partial charge in [0.05, 0.1) is 35.5 Å². The number of nitriles is 1. The highest BCUT2D eigenvalue weighted by Crippen LogP contribution is 2.51. The number of nitrogens with one attached hydrogen (secondary N) is 3. The lowest BCUT2D eigenvalue weighted by Gasteiger charge is -2.34. The average molecular weight is 862 g/mol. The summed E-state index contributed by atoms with van der Waals surface area (Å²) in [7, 11) is 6.11. The topological polar surface area (TPSA) is 124 Å². The lowest BCUT2D eigenvalue weighted by Crippen LogP contribution is -2.41. The number of rotatable bonds is 14. The van der Waals surface area contributed by atoms with Gasteiger partial charge in [0.2, 0.25) is 0 Å². The van der Waals surface area contributed by atoms with Gasteiger partial charge in [-0.05, 0) is 125 Å². The normalized spacial score (nSPS) is 18.1. The Morgan fingerprint density at radius 1 is 0.800 bits per heavy atom. The second kappa shape index (κ2) is 18.1. The first kappa shape index (κ1) is 43.9. The van der Waals surface area contributed by atoms with E-state index in [1.54, 1.807) is 0 Å². The molecular weight excluding hydrogens is 807 g/mol. The van der Waals surface area contributed by atoms with Crippen molar-refractivity contribution in [3.63, 3.8) is 0 Å².